The maximum atomic E-state index is 11.5. The van der Waals surface area contributed by atoms with E-state index in [1.54, 1.807) is 14.2 Å². The minimum atomic E-state index is -0.683. The Labute approximate surface area is 111 Å². The van der Waals surface area contributed by atoms with Gasteiger partial charge in [0.05, 0.1) is 12.2 Å². The van der Waals surface area contributed by atoms with Crippen molar-refractivity contribution in [2.75, 3.05) is 14.2 Å². The lowest BCUT2D eigenvalue weighted by molar-refractivity contribution is -0.309. The molecular formula is C12H19NO6. The van der Waals surface area contributed by atoms with Crippen molar-refractivity contribution >= 4 is 11.8 Å². The Balaban J connectivity index is 1.98. The maximum absolute atomic E-state index is 11.5. The summed E-state index contributed by atoms with van der Waals surface area (Å²) in [7, 11) is 3.17. The molecule has 2 heterocycles. The number of amides is 2. The van der Waals surface area contributed by atoms with Crippen molar-refractivity contribution in [1.82, 2.24) is 5.06 Å². The van der Waals surface area contributed by atoms with E-state index < -0.39 is 6.29 Å². The minimum Gasteiger partial charge on any atom is -0.378 e. The van der Waals surface area contributed by atoms with Crippen LogP contribution >= 0.6 is 0 Å². The standard InChI is InChI=1S/C12H19NO6/c1-7-12(17-3)8(16-2)6-11(18-7)19-13-9(14)4-5-10(13)15/h7-8,11-12H,4-6H2,1-3H3/t7-,8-,11?,12-/m0/s1. The van der Waals surface area contributed by atoms with Crippen LogP contribution in [0.4, 0.5) is 0 Å². The zero-order valence-electron chi connectivity index (χ0n) is 11.3. The zero-order chi connectivity index (χ0) is 14.0. The van der Waals surface area contributed by atoms with Crippen molar-refractivity contribution < 1.29 is 28.6 Å². The SMILES string of the molecule is CO[C@H]1[C@H](C)OC(ON2C(=O)CCC2=O)C[C@@H]1OC. The number of carbonyl (C=O) groups excluding carboxylic acids is 2. The molecule has 2 amide bonds. The number of hydrogen-bond donors (Lipinski definition) is 0. The van der Waals surface area contributed by atoms with Gasteiger partial charge < -0.3 is 14.2 Å². The quantitative estimate of drug-likeness (QED) is 0.683. The number of rotatable bonds is 4. The molecule has 0 saturated carbocycles. The van der Waals surface area contributed by atoms with Gasteiger partial charge in [0.15, 0.2) is 6.29 Å². The first-order chi connectivity index (χ1) is 9.06. The molecule has 4 atom stereocenters. The van der Waals surface area contributed by atoms with Gasteiger partial charge in [-0.3, -0.25) is 9.59 Å². The molecule has 2 rings (SSSR count). The number of nitrogens with zero attached hydrogens (tertiary/aromatic N) is 1. The molecule has 108 valence electrons. The Morgan fingerprint density at radius 3 is 2.32 bits per heavy atom. The molecule has 0 bridgehead atoms. The van der Waals surface area contributed by atoms with Gasteiger partial charge in [0.1, 0.15) is 6.10 Å². The topological polar surface area (TPSA) is 74.3 Å². The molecule has 0 aromatic carbocycles. The molecule has 0 aromatic rings. The number of hydroxylamine groups is 2. The zero-order valence-corrected chi connectivity index (χ0v) is 11.3. The molecular weight excluding hydrogens is 254 g/mol. The first kappa shape index (κ1) is 14.4. The number of ether oxygens (including phenoxy) is 3. The molecule has 0 N–H and O–H groups in total. The highest BCUT2D eigenvalue weighted by Crippen LogP contribution is 2.26. The Hall–Kier alpha value is -1.02. The van der Waals surface area contributed by atoms with Crippen molar-refractivity contribution in [2.24, 2.45) is 0 Å². The summed E-state index contributed by atoms with van der Waals surface area (Å²) in [6.45, 7) is 1.84. The molecule has 2 aliphatic rings. The van der Waals surface area contributed by atoms with Gasteiger partial charge in [0.2, 0.25) is 0 Å². The lowest BCUT2D eigenvalue weighted by atomic mass is 10.0. The van der Waals surface area contributed by atoms with E-state index in [1.807, 2.05) is 6.92 Å². The summed E-state index contributed by atoms with van der Waals surface area (Å²) in [6, 6.07) is 0. The van der Waals surface area contributed by atoms with Gasteiger partial charge in [-0.05, 0) is 6.92 Å². The van der Waals surface area contributed by atoms with Crippen LogP contribution in [0.5, 0.6) is 0 Å². The van der Waals surface area contributed by atoms with Crippen LogP contribution in [0.1, 0.15) is 26.2 Å². The minimum absolute atomic E-state index is 0.190. The molecule has 2 saturated heterocycles. The average Bonchev–Trinajstić information content (AvgIpc) is 2.70. The van der Waals surface area contributed by atoms with Crippen LogP contribution in [0.2, 0.25) is 0 Å². The first-order valence-corrected chi connectivity index (χ1v) is 6.30. The second kappa shape index (κ2) is 5.96. The molecule has 0 aliphatic carbocycles. The second-order valence-electron chi connectivity index (χ2n) is 4.67. The van der Waals surface area contributed by atoms with E-state index in [0.717, 1.165) is 5.06 Å². The molecule has 1 unspecified atom stereocenters. The van der Waals surface area contributed by atoms with E-state index in [-0.39, 0.29) is 43.0 Å². The summed E-state index contributed by atoms with van der Waals surface area (Å²) < 4.78 is 16.3. The summed E-state index contributed by atoms with van der Waals surface area (Å²) in [5, 5.41) is 0.803. The van der Waals surface area contributed by atoms with Gasteiger partial charge in [-0.25, -0.2) is 4.84 Å². The third kappa shape index (κ3) is 2.94. The number of methoxy groups -OCH3 is 2. The van der Waals surface area contributed by atoms with E-state index in [9.17, 15) is 9.59 Å². The summed E-state index contributed by atoms with van der Waals surface area (Å²) >= 11 is 0. The molecule has 0 radical (unpaired) electrons. The highest BCUT2D eigenvalue weighted by molar-refractivity contribution is 6.00. The van der Waals surface area contributed by atoms with Crippen molar-refractivity contribution in [3.8, 4) is 0 Å². The van der Waals surface area contributed by atoms with E-state index in [4.69, 9.17) is 19.0 Å². The molecule has 0 spiro atoms. The number of carbonyl (C=O) groups is 2. The van der Waals surface area contributed by atoms with Gasteiger partial charge in [0.25, 0.3) is 11.8 Å². The van der Waals surface area contributed by atoms with Crippen LogP contribution in [-0.4, -0.2) is 55.7 Å². The van der Waals surface area contributed by atoms with Crippen LogP contribution in [0.3, 0.4) is 0 Å². The van der Waals surface area contributed by atoms with E-state index in [2.05, 4.69) is 0 Å². The lowest BCUT2D eigenvalue weighted by Gasteiger charge is -2.39. The van der Waals surface area contributed by atoms with Crippen molar-refractivity contribution in [3.05, 3.63) is 0 Å². The Bertz CT molecular complexity index is 344. The first-order valence-electron chi connectivity index (χ1n) is 6.30. The Morgan fingerprint density at radius 1 is 1.16 bits per heavy atom. The molecule has 0 aromatic heterocycles. The van der Waals surface area contributed by atoms with Gasteiger partial charge in [-0.15, -0.1) is 0 Å². The van der Waals surface area contributed by atoms with Crippen LogP contribution in [0, 0.1) is 0 Å². The van der Waals surface area contributed by atoms with Gasteiger partial charge in [0, 0.05) is 33.5 Å². The second-order valence-corrected chi connectivity index (χ2v) is 4.67. The molecule has 7 nitrogen and oxygen atoms in total. The summed E-state index contributed by atoms with van der Waals surface area (Å²) in [6.07, 6.45) is -0.554. The monoisotopic (exact) mass is 273 g/mol. The largest absolute Gasteiger partial charge is 0.378 e. The highest BCUT2D eigenvalue weighted by atomic mass is 16.8. The third-order valence-corrected chi connectivity index (χ3v) is 3.42. The van der Waals surface area contributed by atoms with Crippen molar-refractivity contribution in [1.29, 1.82) is 0 Å². The predicted octanol–water partition coefficient (Wildman–Crippen LogP) is 0.232. The Kier molecular flexibility index (Phi) is 4.51. The van der Waals surface area contributed by atoms with Crippen molar-refractivity contribution in [2.45, 2.75) is 50.8 Å². The predicted molar refractivity (Wildman–Crippen MR) is 62.7 cm³/mol. The molecule has 2 aliphatic heterocycles. The van der Waals surface area contributed by atoms with Crippen LogP contribution < -0.4 is 0 Å². The van der Waals surface area contributed by atoms with Gasteiger partial charge in [-0.1, -0.05) is 0 Å². The lowest BCUT2D eigenvalue weighted by Crippen LogP contribution is -2.51. The smallest absolute Gasteiger partial charge is 0.254 e. The third-order valence-electron chi connectivity index (χ3n) is 3.42. The van der Waals surface area contributed by atoms with Gasteiger partial charge >= 0.3 is 0 Å². The number of hydrogen-bond acceptors (Lipinski definition) is 6. The highest BCUT2D eigenvalue weighted by Gasteiger charge is 2.41. The maximum Gasteiger partial charge on any atom is 0.254 e. The van der Waals surface area contributed by atoms with Crippen LogP contribution in [0.15, 0.2) is 0 Å². The average molecular weight is 273 g/mol. The van der Waals surface area contributed by atoms with Gasteiger partial charge in [-0.2, -0.15) is 5.06 Å². The number of imide groups is 1. The van der Waals surface area contributed by atoms with E-state index in [1.165, 1.54) is 0 Å². The Morgan fingerprint density at radius 2 is 1.79 bits per heavy atom. The van der Waals surface area contributed by atoms with Crippen LogP contribution in [0.25, 0.3) is 0 Å². The normalized spacial score (nSPS) is 36.1. The molecule has 19 heavy (non-hydrogen) atoms. The molecule has 2 fully saturated rings. The fraction of sp³-hybridized carbons (Fsp3) is 0.833. The van der Waals surface area contributed by atoms with E-state index in [0.29, 0.717) is 6.42 Å². The molecule has 7 heteroatoms. The fourth-order valence-corrected chi connectivity index (χ4v) is 2.43. The summed E-state index contributed by atoms with van der Waals surface area (Å²) in [5.41, 5.74) is 0. The fourth-order valence-electron chi connectivity index (χ4n) is 2.43. The summed E-state index contributed by atoms with van der Waals surface area (Å²) in [4.78, 5) is 28.3. The van der Waals surface area contributed by atoms with E-state index >= 15 is 0 Å². The van der Waals surface area contributed by atoms with Crippen LogP contribution in [-0.2, 0) is 28.6 Å². The summed E-state index contributed by atoms with van der Waals surface area (Å²) in [5.74, 6) is -0.659. The van der Waals surface area contributed by atoms with Crippen molar-refractivity contribution in [3.63, 3.8) is 0 Å².